The first kappa shape index (κ1) is 19.0. The van der Waals surface area contributed by atoms with Crippen LogP contribution < -0.4 is 5.56 Å². The van der Waals surface area contributed by atoms with Crippen LogP contribution in [-0.2, 0) is 12.6 Å². The van der Waals surface area contributed by atoms with Crippen LogP contribution in [0.4, 0.5) is 17.6 Å². The number of hydrogen-bond acceptors (Lipinski definition) is 3. The molecule has 1 aromatic carbocycles. The van der Waals surface area contributed by atoms with Crippen LogP contribution in [0, 0.1) is 5.82 Å². The Morgan fingerprint density at radius 1 is 1.37 bits per heavy atom. The van der Waals surface area contributed by atoms with E-state index in [9.17, 15) is 27.5 Å². The van der Waals surface area contributed by atoms with E-state index in [-0.39, 0.29) is 17.0 Å². The number of rotatable bonds is 3. The van der Waals surface area contributed by atoms with E-state index in [1.54, 1.807) is 6.92 Å². The lowest BCUT2D eigenvalue weighted by atomic mass is 10.0. The van der Waals surface area contributed by atoms with Gasteiger partial charge in [0.25, 0.3) is 5.56 Å². The first-order chi connectivity index (χ1) is 12.5. The number of halogens is 5. The lowest BCUT2D eigenvalue weighted by Crippen LogP contribution is -2.27. The minimum Gasteiger partial charge on any atom is -0.506 e. The maximum atomic E-state index is 14.7. The van der Waals surface area contributed by atoms with Gasteiger partial charge in [-0.05, 0) is 19.4 Å². The molecule has 3 rings (SSSR count). The molecule has 0 saturated carbocycles. The fraction of sp³-hybridized carbons (Fsp3) is 0.176. The van der Waals surface area contributed by atoms with Gasteiger partial charge in [-0.15, -0.1) is 0 Å². The average molecular weight is 402 g/mol. The van der Waals surface area contributed by atoms with E-state index in [1.807, 2.05) is 0 Å². The van der Waals surface area contributed by atoms with Crippen molar-refractivity contribution in [1.29, 1.82) is 0 Å². The normalized spacial score (nSPS) is 11.9. The molecule has 2 aromatic heterocycles. The van der Waals surface area contributed by atoms with Crippen LogP contribution in [0.15, 0.2) is 41.5 Å². The fourth-order valence-corrected chi connectivity index (χ4v) is 3.00. The lowest BCUT2D eigenvalue weighted by Gasteiger charge is -2.18. The maximum Gasteiger partial charge on any atom is 0.432 e. The van der Waals surface area contributed by atoms with Gasteiger partial charge in [0.2, 0.25) is 5.78 Å². The topological polar surface area (TPSA) is 59.5 Å². The molecule has 0 amide bonds. The third-order valence-corrected chi connectivity index (χ3v) is 4.12. The van der Waals surface area contributed by atoms with Crippen LogP contribution >= 0.6 is 11.6 Å². The van der Waals surface area contributed by atoms with E-state index in [1.165, 1.54) is 0 Å². The summed E-state index contributed by atoms with van der Waals surface area (Å²) in [5.74, 6) is -1.95. The van der Waals surface area contributed by atoms with Crippen LogP contribution in [0.2, 0.25) is 5.02 Å². The van der Waals surface area contributed by atoms with Crippen molar-refractivity contribution in [2.24, 2.45) is 0 Å². The summed E-state index contributed by atoms with van der Waals surface area (Å²) in [7, 11) is 0. The second kappa shape index (κ2) is 6.41. The zero-order chi connectivity index (χ0) is 20.1. The molecule has 142 valence electrons. The fourth-order valence-electron chi connectivity index (χ4n) is 2.79. The first-order valence-electron chi connectivity index (χ1n) is 7.53. The summed E-state index contributed by atoms with van der Waals surface area (Å²) < 4.78 is 55.7. The second-order valence-corrected chi connectivity index (χ2v) is 6.36. The Morgan fingerprint density at radius 2 is 2.04 bits per heavy atom. The van der Waals surface area contributed by atoms with E-state index in [4.69, 9.17) is 11.6 Å². The van der Waals surface area contributed by atoms with Crippen molar-refractivity contribution in [1.82, 2.24) is 14.0 Å². The molecule has 2 heterocycles. The molecule has 0 radical (unpaired) electrons. The largest absolute Gasteiger partial charge is 0.506 e. The molecule has 0 fully saturated rings. The number of phenolic OH excluding ortho intramolecular Hbond substituents is 1. The SMILES string of the molecule is C=C(C)Cc1c(O)c(Cl)cc(F)c1-n1c(=O)cc(C(F)(F)F)n2ccnc12. The summed E-state index contributed by atoms with van der Waals surface area (Å²) in [6, 6.07) is 1.11. The highest BCUT2D eigenvalue weighted by molar-refractivity contribution is 6.32. The van der Waals surface area contributed by atoms with Gasteiger partial charge in [0.1, 0.15) is 17.3 Å². The molecule has 0 unspecified atom stereocenters. The van der Waals surface area contributed by atoms with Crippen molar-refractivity contribution >= 4 is 17.4 Å². The van der Waals surface area contributed by atoms with Crippen molar-refractivity contribution < 1.29 is 22.7 Å². The monoisotopic (exact) mass is 401 g/mol. The molecule has 1 N–H and O–H groups in total. The number of imidazole rings is 1. The molecule has 0 aliphatic heterocycles. The number of benzene rings is 1. The van der Waals surface area contributed by atoms with E-state index >= 15 is 0 Å². The number of fused-ring (bicyclic) bond motifs is 1. The summed E-state index contributed by atoms with van der Waals surface area (Å²) >= 11 is 5.81. The Balaban J connectivity index is 2.47. The van der Waals surface area contributed by atoms with E-state index in [2.05, 4.69) is 11.6 Å². The number of aromatic nitrogens is 3. The highest BCUT2D eigenvalue weighted by Crippen LogP contribution is 2.36. The number of nitrogens with zero attached hydrogens (tertiary/aromatic N) is 3. The van der Waals surface area contributed by atoms with Gasteiger partial charge in [0.15, 0.2) is 0 Å². The molecule has 0 aliphatic rings. The Hall–Kier alpha value is -2.81. The molecule has 0 bridgehead atoms. The maximum absolute atomic E-state index is 14.7. The van der Waals surface area contributed by atoms with Crippen LogP contribution in [0.3, 0.4) is 0 Å². The number of allylic oxidation sites excluding steroid dienone is 1. The van der Waals surface area contributed by atoms with Gasteiger partial charge in [-0.1, -0.05) is 23.8 Å². The Labute approximate surface area is 154 Å². The second-order valence-electron chi connectivity index (χ2n) is 5.95. The minimum absolute atomic E-state index is 0.0566. The molecule has 0 atom stereocenters. The van der Waals surface area contributed by atoms with E-state index in [0.717, 1.165) is 18.5 Å². The quantitative estimate of drug-likeness (QED) is 0.530. The molecule has 3 aromatic rings. The van der Waals surface area contributed by atoms with E-state index < -0.39 is 40.5 Å². The van der Waals surface area contributed by atoms with Crippen LogP contribution in [0.25, 0.3) is 11.5 Å². The molecular weight excluding hydrogens is 390 g/mol. The summed E-state index contributed by atoms with van der Waals surface area (Å²) in [6.45, 7) is 5.27. The van der Waals surface area contributed by atoms with Gasteiger partial charge in [-0.3, -0.25) is 9.20 Å². The smallest absolute Gasteiger partial charge is 0.432 e. The van der Waals surface area contributed by atoms with Gasteiger partial charge >= 0.3 is 6.18 Å². The van der Waals surface area contributed by atoms with Crippen LogP contribution in [0.1, 0.15) is 18.2 Å². The Kier molecular flexibility index (Phi) is 4.51. The van der Waals surface area contributed by atoms with Crippen molar-refractivity contribution in [3.8, 4) is 11.4 Å². The molecule has 0 spiro atoms. The zero-order valence-corrected chi connectivity index (χ0v) is 14.6. The molecule has 0 aliphatic carbocycles. The molecule has 5 nitrogen and oxygen atoms in total. The van der Waals surface area contributed by atoms with Crippen molar-refractivity contribution in [2.75, 3.05) is 0 Å². The van der Waals surface area contributed by atoms with Crippen molar-refractivity contribution in [2.45, 2.75) is 19.5 Å². The highest BCUT2D eigenvalue weighted by Gasteiger charge is 2.35. The van der Waals surface area contributed by atoms with Gasteiger partial charge in [0, 0.05) is 24.0 Å². The molecular formula is C17H12ClF4N3O2. The van der Waals surface area contributed by atoms with Gasteiger partial charge < -0.3 is 5.11 Å². The number of hydrogen-bond donors (Lipinski definition) is 1. The van der Waals surface area contributed by atoms with Crippen molar-refractivity contribution in [3.05, 3.63) is 69.1 Å². The third kappa shape index (κ3) is 3.18. The van der Waals surface area contributed by atoms with Gasteiger partial charge in [-0.2, -0.15) is 13.2 Å². The first-order valence-corrected chi connectivity index (χ1v) is 7.91. The Morgan fingerprint density at radius 3 is 2.63 bits per heavy atom. The standard InChI is InChI=1S/C17H12ClF4N3O2/c1-8(2)5-9-14(11(19)6-10(18)15(9)27)25-13(26)7-12(17(20,21)22)24-4-3-23-16(24)25/h3-4,6-7,27H,1,5H2,2H3. The molecule has 0 saturated heterocycles. The van der Waals surface area contributed by atoms with Gasteiger partial charge in [-0.25, -0.2) is 13.9 Å². The summed E-state index contributed by atoms with van der Waals surface area (Å²) in [5.41, 5.74) is -2.43. The average Bonchev–Trinajstić information content (AvgIpc) is 3.01. The highest BCUT2D eigenvalue weighted by atomic mass is 35.5. The number of phenols is 1. The van der Waals surface area contributed by atoms with Crippen LogP contribution in [-0.4, -0.2) is 19.1 Å². The summed E-state index contributed by atoms with van der Waals surface area (Å²) in [6.07, 6.45) is -2.83. The molecule has 10 heteroatoms. The number of alkyl halides is 3. The minimum atomic E-state index is -4.82. The third-order valence-electron chi connectivity index (χ3n) is 3.83. The van der Waals surface area contributed by atoms with Crippen molar-refractivity contribution in [3.63, 3.8) is 0 Å². The summed E-state index contributed by atoms with van der Waals surface area (Å²) in [4.78, 5) is 16.3. The summed E-state index contributed by atoms with van der Waals surface area (Å²) in [5, 5.41) is 9.95. The van der Waals surface area contributed by atoms with E-state index in [0.29, 0.717) is 20.6 Å². The number of aromatic hydroxyl groups is 1. The van der Waals surface area contributed by atoms with Gasteiger partial charge in [0.05, 0.1) is 10.7 Å². The zero-order valence-electron chi connectivity index (χ0n) is 13.8. The van der Waals surface area contributed by atoms with Crippen LogP contribution in [0.5, 0.6) is 5.75 Å². The lowest BCUT2D eigenvalue weighted by molar-refractivity contribution is -0.142. The predicted molar refractivity (Wildman–Crippen MR) is 90.9 cm³/mol. The molecule has 27 heavy (non-hydrogen) atoms. The predicted octanol–water partition coefficient (Wildman–Crippen LogP) is 4.12. The Bertz CT molecular complexity index is 1130.